The molecule has 2 aliphatic rings. The van der Waals surface area contributed by atoms with E-state index in [1.165, 1.54) is 19.2 Å². The van der Waals surface area contributed by atoms with E-state index in [-0.39, 0.29) is 11.8 Å². The third-order valence-electron chi connectivity index (χ3n) is 6.27. The lowest BCUT2D eigenvalue weighted by molar-refractivity contribution is -0.169. The lowest BCUT2D eigenvalue weighted by Gasteiger charge is -2.38. The second-order valence-electron chi connectivity index (χ2n) is 9.01. The Labute approximate surface area is 215 Å². The molecule has 0 radical (unpaired) electrons. The first-order valence-electron chi connectivity index (χ1n) is 11.7. The maximum Gasteiger partial charge on any atom is 0.282 e. The monoisotopic (exact) mass is 527 g/mol. The van der Waals surface area contributed by atoms with Crippen LogP contribution < -0.4 is 15.8 Å². The van der Waals surface area contributed by atoms with Crippen molar-refractivity contribution in [1.82, 2.24) is 25.2 Å². The molecule has 4 heterocycles. The maximum absolute atomic E-state index is 14.4. The number of nitrogens with one attached hydrogen (secondary N) is 1. The number of methoxy groups -OCH3 is 1. The number of anilines is 1. The number of aromatic nitrogens is 3. The number of amidine groups is 1. The number of nitrogens with two attached hydrogens (primary N) is 1. The Balaban J connectivity index is 1.47. The molecule has 2 aliphatic heterocycles. The van der Waals surface area contributed by atoms with Crippen molar-refractivity contribution in [3.63, 3.8) is 0 Å². The average molecular weight is 528 g/mol. The number of oxime groups is 1. The van der Waals surface area contributed by atoms with Crippen molar-refractivity contribution in [2.45, 2.75) is 25.3 Å². The van der Waals surface area contributed by atoms with Crippen LogP contribution in [0.3, 0.4) is 0 Å². The number of benzene rings is 1. The zero-order valence-electron chi connectivity index (χ0n) is 20.5. The molecule has 3 N–H and O–H groups in total. The van der Waals surface area contributed by atoms with Gasteiger partial charge in [-0.3, -0.25) is 4.79 Å². The van der Waals surface area contributed by atoms with Gasteiger partial charge in [-0.1, -0.05) is 17.3 Å². The molecular formula is C25H24F3N7O3. The van der Waals surface area contributed by atoms with Gasteiger partial charge in [0.2, 0.25) is 11.8 Å². The quantitative estimate of drug-likeness (QED) is 0.469. The Bertz CT molecular complexity index is 1430. The normalized spacial score (nSPS) is 18.8. The number of fused-ring (bicyclic) bond motifs is 1. The molecule has 0 saturated carbocycles. The van der Waals surface area contributed by atoms with Crippen molar-refractivity contribution in [3.05, 3.63) is 64.7 Å². The van der Waals surface area contributed by atoms with E-state index in [1.54, 1.807) is 31.2 Å². The number of rotatable bonds is 6. The summed E-state index contributed by atoms with van der Waals surface area (Å²) in [5.41, 5.74) is 9.27. The number of alkyl halides is 2. The van der Waals surface area contributed by atoms with E-state index < -0.39 is 43.4 Å². The zero-order chi connectivity index (χ0) is 27.0. The van der Waals surface area contributed by atoms with Crippen molar-refractivity contribution in [2.24, 2.45) is 5.16 Å². The van der Waals surface area contributed by atoms with E-state index in [4.69, 9.17) is 15.3 Å². The van der Waals surface area contributed by atoms with Gasteiger partial charge in [0.25, 0.3) is 11.8 Å². The molecule has 3 aromatic rings. The highest BCUT2D eigenvalue weighted by Gasteiger charge is 2.46. The standard InChI is InChI=1S/C25H24F3N7O3/c1-13-22-19(33-24(29)30-13)9-18(32-23(22)34-38-10-21(36)35-11-25(27,28)12-35)15-7-6-14(26)8-16(15)17-4-3-5-20(31-17)37-2/h3-8,18H,9-12H2,1-2H3,(H,32,34)(H2,29,30,33). The summed E-state index contributed by atoms with van der Waals surface area (Å²) in [6, 6.07) is 9.07. The van der Waals surface area contributed by atoms with Gasteiger partial charge in [0.05, 0.1) is 48.9 Å². The number of nitrogens with zero attached hydrogens (tertiary/aromatic N) is 5. The lowest BCUT2D eigenvalue weighted by Crippen LogP contribution is -2.59. The minimum atomic E-state index is -2.88. The van der Waals surface area contributed by atoms with Gasteiger partial charge in [-0.05, 0) is 30.7 Å². The Hall–Kier alpha value is -4.42. The molecule has 1 unspecified atom stereocenters. The molecule has 38 heavy (non-hydrogen) atoms. The Morgan fingerprint density at radius 3 is 2.76 bits per heavy atom. The number of nitrogen functional groups attached to an aromatic ring is 1. The lowest BCUT2D eigenvalue weighted by atomic mass is 9.90. The minimum absolute atomic E-state index is 0.0739. The van der Waals surface area contributed by atoms with Gasteiger partial charge in [0.15, 0.2) is 12.4 Å². The van der Waals surface area contributed by atoms with E-state index in [0.717, 1.165) is 4.90 Å². The van der Waals surface area contributed by atoms with Crippen LogP contribution in [0.1, 0.15) is 28.6 Å². The van der Waals surface area contributed by atoms with E-state index in [0.29, 0.717) is 46.1 Å². The largest absolute Gasteiger partial charge is 0.481 e. The van der Waals surface area contributed by atoms with E-state index in [1.807, 2.05) is 0 Å². The van der Waals surface area contributed by atoms with Crippen molar-refractivity contribution < 1.29 is 27.5 Å². The van der Waals surface area contributed by atoms with E-state index >= 15 is 0 Å². The minimum Gasteiger partial charge on any atom is -0.481 e. The fourth-order valence-corrected chi connectivity index (χ4v) is 4.52. The first-order chi connectivity index (χ1) is 18.1. The van der Waals surface area contributed by atoms with Crippen LogP contribution in [0.15, 0.2) is 41.6 Å². The smallest absolute Gasteiger partial charge is 0.282 e. The second-order valence-corrected chi connectivity index (χ2v) is 9.01. The highest BCUT2D eigenvalue weighted by atomic mass is 19.3. The molecule has 10 nitrogen and oxygen atoms in total. The number of likely N-dealkylation sites (tertiary alicyclic amines) is 1. The van der Waals surface area contributed by atoms with Gasteiger partial charge in [-0.15, -0.1) is 0 Å². The fourth-order valence-electron chi connectivity index (χ4n) is 4.52. The summed E-state index contributed by atoms with van der Waals surface area (Å²) in [6.45, 7) is -0.0869. The number of halogens is 3. The van der Waals surface area contributed by atoms with Crippen LogP contribution in [0.2, 0.25) is 0 Å². The molecule has 0 bridgehead atoms. The third-order valence-corrected chi connectivity index (χ3v) is 6.27. The van der Waals surface area contributed by atoms with Gasteiger partial charge in [-0.25, -0.2) is 28.1 Å². The fraction of sp³-hybridized carbons (Fsp3) is 0.320. The van der Waals surface area contributed by atoms with Crippen molar-refractivity contribution in [1.29, 1.82) is 0 Å². The van der Waals surface area contributed by atoms with Crippen molar-refractivity contribution in [2.75, 3.05) is 32.5 Å². The number of pyridine rings is 1. The summed E-state index contributed by atoms with van der Waals surface area (Å²) in [5.74, 6) is -3.26. The summed E-state index contributed by atoms with van der Waals surface area (Å²) >= 11 is 0. The molecule has 5 rings (SSSR count). The van der Waals surface area contributed by atoms with Gasteiger partial charge in [0.1, 0.15) is 5.82 Å². The number of carbonyl (C=O) groups is 1. The molecule has 0 aliphatic carbocycles. The number of amides is 1. The first kappa shape index (κ1) is 25.2. The van der Waals surface area contributed by atoms with Crippen LogP contribution in [0.4, 0.5) is 19.1 Å². The summed E-state index contributed by atoms with van der Waals surface area (Å²) in [5, 5.41) is 7.36. The molecule has 1 amide bonds. The molecule has 198 valence electrons. The summed E-state index contributed by atoms with van der Waals surface area (Å²) in [7, 11) is 1.49. The van der Waals surface area contributed by atoms with Gasteiger partial charge < -0.3 is 25.5 Å². The number of ether oxygens (including phenoxy) is 1. The number of hydrogen-bond donors (Lipinski definition) is 2. The molecule has 0 spiro atoms. The van der Waals surface area contributed by atoms with Crippen LogP contribution in [0.5, 0.6) is 5.88 Å². The average Bonchev–Trinajstić information content (AvgIpc) is 2.86. The van der Waals surface area contributed by atoms with Gasteiger partial charge in [-0.2, -0.15) is 0 Å². The second kappa shape index (κ2) is 9.80. The Morgan fingerprint density at radius 1 is 1.24 bits per heavy atom. The third kappa shape index (κ3) is 5.04. The highest BCUT2D eigenvalue weighted by molar-refractivity contribution is 6.01. The number of carbonyl (C=O) groups excluding carboxylic acids is 1. The Morgan fingerprint density at radius 2 is 2.03 bits per heavy atom. The van der Waals surface area contributed by atoms with Crippen LogP contribution >= 0.6 is 0 Å². The van der Waals surface area contributed by atoms with E-state index in [9.17, 15) is 18.0 Å². The van der Waals surface area contributed by atoms with Crippen LogP contribution in [0.25, 0.3) is 11.3 Å². The molecule has 13 heteroatoms. The SMILES string of the molecule is COc1cccc(-c2cc(F)ccc2C2Cc3nc(N)nc(C)c3/C(=N/OCC(=O)N3CC(F)(F)C3)N2)n1. The van der Waals surface area contributed by atoms with E-state index in [2.05, 4.69) is 25.4 Å². The molecular weight excluding hydrogens is 503 g/mol. The molecule has 2 aromatic heterocycles. The first-order valence-corrected chi connectivity index (χ1v) is 11.7. The number of aryl methyl sites for hydroxylation is 1. The summed E-state index contributed by atoms with van der Waals surface area (Å²) in [4.78, 5) is 31.4. The zero-order valence-corrected chi connectivity index (χ0v) is 20.5. The van der Waals surface area contributed by atoms with Crippen LogP contribution in [-0.2, 0) is 16.1 Å². The predicted molar refractivity (Wildman–Crippen MR) is 131 cm³/mol. The molecule has 1 saturated heterocycles. The van der Waals surface area contributed by atoms with Crippen molar-refractivity contribution >= 4 is 17.7 Å². The summed E-state index contributed by atoms with van der Waals surface area (Å²) in [6.07, 6.45) is 0.353. The Kier molecular flexibility index (Phi) is 6.51. The van der Waals surface area contributed by atoms with Crippen LogP contribution in [-0.4, -0.2) is 64.3 Å². The molecule has 1 fully saturated rings. The van der Waals surface area contributed by atoms with Crippen LogP contribution in [0, 0.1) is 12.7 Å². The summed E-state index contributed by atoms with van der Waals surface area (Å²) < 4.78 is 45.8. The topological polar surface area (TPSA) is 128 Å². The van der Waals surface area contributed by atoms with Gasteiger partial charge >= 0.3 is 0 Å². The maximum atomic E-state index is 14.4. The molecule has 1 atom stereocenters. The highest BCUT2D eigenvalue weighted by Crippen LogP contribution is 2.34. The predicted octanol–water partition coefficient (Wildman–Crippen LogP) is 2.62. The molecule has 1 aromatic carbocycles. The van der Waals surface area contributed by atoms with Crippen molar-refractivity contribution in [3.8, 4) is 17.1 Å². The van der Waals surface area contributed by atoms with Gasteiger partial charge in [0, 0.05) is 18.1 Å². The number of hydrogen-bond acceptors (Lipinski definition) is 8.